The lowest BCUT2D eigenvalue weighted by Crippen LogP contribution is -2.25. The molecule has 0 N–H and O–H groups in total. The van der Waals surface area contributed by atoms with Gasteiger partial charge in [-0.2, -0.15) is 0 Å². The molecule has 0 amide bonds. The Morgan fingerprint density at radius 3 is 2.42 bits per heavy atom. The minimum Gasteiger partial charge on any atom is -0.487 e. The molecule has 1 aromatic rings. The van der Waals surface area contributed by atoms with Gasteiger partial charge in [-0.15, -0.1) is 0 Å². The number of aryl methyl sites for hydroxylation is 1. The van der Waals surface area contributed by atoms with Crippen LogP contribution in [0.25, 0.3) is 0 Å². The summed E-state index contributed by atoms with van der Waals surface area (Å²) in [6.45, 7) is 6.91. The van der Waals surface area contributed by atoms with Gasteiger partial charge in [0.25, 0.3) is 0 Å². The molecule has 0 radical (unpaired) electrons. The van der Waals surface area contributed by atoms with Gasteiger partial charge in [-0.05, 0) is 38.5 Å². The molecule has 0 saturated carbocycles. The Morgan fingerprint density at radius 1 is 1.26 bits per heavy atom. The highest BCUT2D eigenvalue weighted by Gasteiger charge is 2.13. The standard InChI is InChI=1S/C14H19ClO4/c1-4-17-13(18-5-2)9-19-14-10(3)6-12(15)7-11(14)8-16/h6-8,13H,4-5,9H2,1-3H3. The molecule has 0 heterocycles. The Labute approximate surface area is 118 Å². The van der Waals surface area contributed by atoms with Gasteiger partial charge in [0.15, 0.2) is 12.6 Å². The van der Waals surface area contributed by atoms with Crippen molar-refractivity contribution in [1.82, 2.24) is 0 Å². The van der Waals surface area contributed by atoms with Gasteiger partial charge in [0.2, 0.25) is 0 Å². The number of ether oxygens (including phenoxy) is 3. The fraction of sp³-hybridized carbons (Fsp3) is 0.500. The second kappa shape index (κ2) is 8.15. The third-order valence-corrected chi connectivity index (χ3v) is 2.68. The van der Waals surface area contributed by atoms with Crippen molar-refractivity contribution in [2.75, 3.05) is 19.8 Å². The normalized spacial score (nSPS) is 10.8. The second-order valence-electron chi connectivity index (χ2n) is 3.91. The first kappa shape index (κ1) is 16.0. The minimum absolute atomic E-state index is 0.227. The molecule has 0 fully saturated rings. The van der Waals surface area contributed by atoms with Crippen molar-refractivity contribution in [3.63, 3.8) is 0 Å². The molecule has 0 saturated heterocycles. The van der Waals surface area contributed by atoms with E-state index in [9.17, 15) is 4.79 Å². The lowest BCUT2D eigenvalue weighted by atomic mass is 10.1. The molecule has 1 rings (SSSR count). The lowest BCUT2D eigenvalue weighted by molar-refractivity contribution is -0.152. The van der Waals surface area contributed by atoms with Crippen LogP contribution in [0.4, 0.5) is 0 Å². The molecular weight excluding hydrogens is 268 g/mol. The van der Waals surface area contributed by atoms with E-state index in [4.69, 9.17) is 25.8 Å². The summed E-state index contributed by atoms with van der Waals surface area (Å²) in [5.74, 6) is 0.517. The average Bonchev–Trinajstić information content (AvgIpc) is 2.37. The molecule has 5 heteroatoms. The molecule has 0 aliphatic rings. The molecule has 1 aromatic carbocycles. The highest BCUT2D eigenvalue weighted by atomic mass is 35.5. The summed E-state index contributed by atoms with van der Waals surface area (Å²) in [6, 6.07) is 3.33. The molecule has 106 valence electrons. The third-order valence-electron chi connectivity index (χ3n) is 2.46. The first-order valence-corrected chi connectivity index (χ1v) is 6.61. The number of carbonyl (C=O) groups is 1. The maximum Gasteiger partial charge on any atom is 0.191 e. The van der Waals surface area contributed by atoms with Crippen molar-refractivity contribution in [3.8, 4) is 5.75 Å². The van der Waals surface area contributed by atoms with E-state index in [-0.39, 0.29) is 6.61 Å². The fourth-order valence-electron chi connectivity index (χ4n) is 1.71. The maximum atomic E-state index is 11.0. The summed E-state index contributed by atoms with van der Waals surface area (Å²) in [7, 11) is 0. The molecular formula is C14H19ClO4. The van der Waals surface area contributed by atoms with Crippen LogP contribution >= 0.6 is 11.6 Å². The van der Waals surface area contributed by atoms with E-state index >= 15 is 0 Å². The van der Waals surface area contributed by atoms with E-state index in [0.29, 0.717) is 29.5 Å². The number of rotatable bonds is 8. The number of hydrogen-bond donors (Lipinski definition) is 0. The molecule has 0 aliphatic heterocycles. The van der Waals surface area contributed by atoms with Gasteiger partial charge in [-0.3, -0.25) is 4.79 Å². The van der Waals surface area contributed by atoms with E-state index in [1.54, 1.807) is 12.1 Å². The number of hydrogen-bond acceptors (Lipinski definition) is 4. The van der Waals surface area contributed by atoms with Crippen molar-refractivity contribution >= 4 is 17.9 Å². The summed E-state index contributed by atoms with van der Waals surface area (Å²) < 4.78 is 16.4. The minimum atomic E-state index is -0.440. The van der Waals surface area contributed by atoms with Crippen molar-refractivity contribution in [2.24, 2.45) is 0 Å². The smallest absolute Gasteiger partial charge is 0.191 e. The average molecular weight is 287 g/mol. The first-order valence-electron chi connectivity index (χ1n) is 6.23. The largest absolute Gasteiger partial charge is 0.487 e. The van der Waals surface area contributed by atoms with Crippen LogP contribution in [0.15, 0.2) is 12.1 Å². The number of aldehydes is 1. The van der Waals surface area contributed by atoms with Crippen LogP contribution in [0.1, 0.15) is 29.8 Å². The van der Waals surface area contributed by atoms with Gasteiger partial charge in [-0.25, -0.2) is 0 Å². The molecule has 19 heavy (non-hydrogen) atoms. The second-order valence-corrected chi connectivity index (χ2v) is 4.35. The summed E-state index contributed by atoms with van der Waals surface area (Å²) in [6.07, 6.45) is 0.287. The number of halogens is 1. The van der Waals surface area contributed by atoms with Crippen molar-refractivity contribution < 1.29 is 19.0 Å². The number of benzene rings is 1. The van der Waals surface area contributed by atoms with Gasteiger partial charge in [0.1, 0.15) is 12.4 Å². The Hall–Kier alpha value is -1.10. The zero-order valence-electron chi connectivity index (χ0n) is 11.4. The van der Waals surface area contributed by atoms with Crippen LogP contribution in [0, 0.1) is 6.92 Å². The van der Waals surface area contributed by atoms with Crippen LogP contribution in [0.2, 0.25) is 5.02 Å². The summed E-state index contributed by atoms with van der Waals surface area (Å²) in [5.41, 5.74) is 1.23. The zero-order chi connectivity index (χ0) is 14.3. The first-order chi connectivity index (χ1) is 9.12. The van der Waals surface area contributed by atoms with Gasteiger partial charge < -0.3 is 14.2 Å². The predicted molar refractivity (Wildman–Crippen MR) is 74.1 cm³/mol. The Kier molecular flexibility index (Phi) is 6.84. The Morgan fingerprint density at radius 2 is 1.89 bits per heavy atom. The van der Waals surface area contributed by atoms with Crippen LogP contribution in [-0.2, 0) is 9.47 Å². The maximum absolute atomic E-state index is 11.0. The van der Waals surface area contributed by atoms with Crippen molar-refractivity contribution in [3.05, 3.63) is 28.3 Å². The summed E-state index contributed by atoms with van der Waals surface area (Å²) in [5, 5.41) is 0.512. The van der Waals surface area contributed by atoms with Crippen LogP contribution in [-0.4, -0.2) is 32.4 Å². The van der Waals surface area contributed by atoms with Gasteiger partial charge >= 0.3 is 0 Å². The highest BCUT2D eigenvalue weighted by molar-refractivity contribution is 6.31. The molecule has 0 unspecified atom stereocenters. The van der Waals surface area contributed by atoms with Crippen LogP contribution < -0.4 is 4.74 Å². The van der Waals surface area contributed by atoms with Gasteiger partial charge in [0, 0.05) is 18.2 Å². The lowest BCUT2D eigenvalue weighted by Gasteiger charge is -2.19. The quantitative estimate of drug-likeness (QED) is 0.544. The zero-order valence-corrected chi connectivity index (χ0v) is 12.2. The van der Waals surface area contributed by atoms with Crippen molar-refractivity contribution in [1.29, 1.82) is 0 Å². The SMILES string of the molecule is CCOC(COc1c(C)cc(Cl)cc1C=O)OCC. The molecule has 0 aliphatic carbocycles. The fourth-order valence-corrected chi connectivity index (χ4v) is 1.99. The molecule has 0 bridgehead atoms. The number of carbonyl (C=O) groups excluding carboxylic acids is 1. The topological polar surface area (TPSA) is 44.8 Å². The molecule has 0 spiro atoms. The molecule has 0 aromatic heterocycles. The van der Waals surface area contributed by atoms with E-state index in [1.165, 1.54) is 0 Å². The Bertz CT molecular complexity index is 414. The summed E-state index contributed by atoms with van der Waals surface area (Å²) >= 11 is 5.90. The predicted octanol–water partition coefficient (Wildman–Crippen LogP) is 3.24. The van der Waals surface area contributed by atoms with Crippen LogP contribution in [0.3, 0.4) is 0 Å². The highest BCUT2D eigenvalue weighted by Crippen LogP contribution is 2.26. The molecule has 4 nitrogen and oxygen atoms in total. The van der Waals surface area contributed by atoms with E-state index < -0.39 is 6.29 Å². The van der Waals surface area contributed by atoms with Gasteiger partial charge in [-0.1, -0.05) is 11.6 Å². The Balaban J connectivity index is 2.78. The van der Waals surface area contributed by atoms with Gasteiger partial charge in [0.05, 0.1) is 5.56 Å². The van der Waals surface area contributed by atoms with Crippen molar-refractivity contribution in [2.45, 2.75) is 27.1 Å². The monoisotopic (exact) mass is 286 g/mol. The summed E-state index contributed by atoms with van der Waals surface area (Å²) in [4.78, 5) is 11.0. The van der Waals surface area contributed by atoms with E-state index in [0.717, 1.165) is 11.8 Å². The van der Waals surface area contributed by atoms with E-state index in [2.05, 4.69) is 0 Å². The van der Waals surface area contributed by atoms with Crippen LogP contribution in [0.5, 0.6) is 5.75 Å². The third kappa shape index (κ3) is 4.82. The van der Waals surface area contributed by atoms with E-state index in [1.807, 2.05) is 20.8 Å². The molecule has 0 atom stereocenters.